The first-order valence-corrected chi connectivity index (χ1v) is 14.0. The Bertz CT molecular complexity index is 1170. The highest BCUT2D eigenvalue weighted by Crippen LogP contribution is 2.28. The maximum atomic E-state index is 12.6. The monoisotopic (exact) mass is 534 g/mol. The van der Waals surface area contributed by atoms with E-state index >= 15 is 0 Å². The van der Waals surface area contributed by atoms with E-state index in [1.54, 1.807) is 0 Å². The predicted octanol–water partition coefficient (Wildman–Crippen LogP) is 5.51. The molecule has 0 N–H and O–H groups in total. The van der Waals surface area contributed by atoms with Gasteiger partial charge < -0.3 is 23.7 Å². The summed E-state index contributed by atoms with van der Waals surface area (Å²) < 4.78 is 37.2. The summed E-state index contributed by atoms with van der Waals surface area (Å²) in [6.45, 7) is 3.18. The van der Waals surface area contributed by atoms with Crippen LogP contribution in [0.1, 0.15) is 29.5 Å². The van der Waals surface area contributed by atoms with Crippen LogP contribution >= 0.6 is 0 Å². The molecule has 3 aromatic rings. The van der Waals surface area contributed by atoms with E-state index < -0.39 is 23.0 Å². The van der Waals surface area contributed by atoms with Crippen LogP contribution in [-0.4, -0.2) is 41.5 Å². The van der Waals surface area contributed by atoms with Crippen molar-refractivity contribution in [3.05, 3.63) is 113 Å². The third kappa shape index (κ3) is 8.46. The second kappa shape index (κ2) is 14.7. The largest absolute Gasteiger partial charge is 0.495 e. The van der Waals surface area contributed by atoms with E-state index in [1.807, 2.05) is 91.9 Å². The second-order valence-electron chi connectivity index (χ2n) is 9.24. The van der Waals surface area contributed by atoms with E-state index in [4.69, 9.17) is 18.9 Å². The molecule has 1 fully saturated rings. The van der Waals surface area contributed by atoms with E-state index in [0.29, 0.717) is 31.1 Å². The van der Waals surface area contributed by atoms with Gasteiger partial charge in [0.15, 0.2) is 0 Å². The Morgan fingerprint density at radius 1 is 0.868 bits per heavy atom. The molecule has 0 amide bonds. The van der Waals surface area contributed by atoms with Gasteiger partial charge in [0.2, 0.25) is 0 Å². The van der Waals surface area contributed by atoms with Crippen molar-refractivity contribution in [1.82, 2.24) is 0 Å². The van der Waals surface area contributed by atoms with Gasteiger partial charge in [-0.15, -0.1) is 0 Å². The van der Waals surface area contributed by atoms with Crippen molar-refractivity contribution in [1.29, 1.82) is 0 Å². The smallest absolute Gasteiger partial charge is 0.127 e. The Labute approximate surface area is 227 Å². The van der Waals surface area contributed by atoms with Crippen LogP contribution in [0, 0.1) is 6.92 Å². The molecule has 1 aliphatic heterocycles. The molecule has 200 valence electrons. The van der Waals surface area contributed by atoms with Crippen LogP contribution in [0.4, 0.5) is 0 Å². The van der Waals surface area contributed by atoms with Crippen molar-refractivity contribution < 1.29 is 28.0 Å². The minimum atomic E-state index is -1.34. The number of hydrogen-bond acceptors (Lipinski definition) is 6. The Balaban J connectivity index is 1.41. The molecule has 0 radical (unpaired) electrons. The van der Waals surface area contributed by atoms with Crippen LogP contribution in [0.15, 0.2) is 101 Å². The fourth-order valence-corrected chi connectivity index (χ4v) is 5.01. The number of aldehydes is 1. The second-order valence-corrected chi connectivity index (χ2v) is 10.6. The Morgan fingerprint density at radius 2 is 1.53 bits per heavy atom. The maximum Gasteiger partial charge on any atom is 0.127 e. The Hall–Kier alpha value is -3.10. The SMILES string of the molecule is Cc1ccc([S@@](=O)/C=C/O[C@@H]2C[C@H](OCc3ccccc3)[C@@H](COCc3ccccc3)O[C@H]2CC=O)cc1. The molecular formula is C31H34O6S. The lowest BCUT2D eigenvalue weighted by Gasteiger charge is -2.40. The number of ether oxygens (including phenoxy) is 4. The lowest BCUT2D eigenvalue weighted by Crippen LogP contribution is -2.50. The summed E-state index contributed by atoms with van der Waals surface area (Å²) in [7, 11) is -1.34. The number of carbonyl (C=O) groups is 1. The molecule has 38 heavy (non-hydrogen) atoms. The lowest BCUT2D eigenvalue weighted by atomic mass is 9.96. The highest BCUT2D eigenvalue weighted by atomic mass is 32.2. The zero-order chi connectivity index (χ0) is 26.6. The fraction of sp³-hybridized carbons (Fsp3) is 0.323. The molecule has 0 saturated carbocycles. The first kappa shape index (κ1) is 27.9. The molecule has 0 aromatic heterocycles. The van der Waals surface area contributed by atoms with Crippen molar-refractivity contribution in [3.8, 4) is 0 Å². The van der Waals surface area contributed by atoms with Gasteiger partial charge >= 0.3 is 0 Å². The molecule has 0 bridgehead atoms. The topological polar surface area (TPSA) is 71.1 Å². The van der Waals surface area contributed by atoms with Crippen molar-refractivity contribution in [2.45, 2.75) is 62.3 Å². The van der Waals surface area contributed by atoms with Gasteiger partial charge in [-0.25, -0.2) is 4.21 Å². The van der Waals surface area contributed by atoms with Gasteiger partial charge in [0, 0.05) is 23.1 Å². The van der Waals surface area contributed by atoms with Crippen LogP contribution in [0.25, 0.3) is 0 Å². The summed E-state index contributed by atoms with van der Waals surface area (Å²) >= 11 is 0. The molecular weight excluding hydrogens is 500 g/mol. The summed E-state index contributed by atoms with van der Waals surface area (Å²) in [5, 5.41) is 1.51. The molecule has 1 heterocycles. The molecule has 5 atom stereocenters. The molecule has 4 rings (SSSR count). The van der Waals surface area contributed by atoms with Gasteiger partial charge in [-0.1, -0.05) is 78.4 Å². The van der Waals surface area contributed by atoms with E-state index in [0.717, 1.165) is 23.0 Å². The summed E-state index contributed by atoms with van der Waals surface area (Å²) in [6.07, 6.45) is 1.40. The number of benzene rings is 3. The highest BCUT2D eigenvalue weighted by Gasteiger charge is 2.39. The predicted molar refractivity (Wildman–Crippen MR) is 147 cm³/mol. The van der Waals surface area contributed by atoms with Crippen molar-refractivity contribution >= 4 is 17.1 Å². The first-order valence-electron chi connectivity index (χ1n) is 12.8. The van der Waals surface area contributed by atoms with Gasteiger partial charge in [-0.3, -0.25) is 0 Å². The molecule has 7 heteroatoms. The minimum absolute atomic E-state index is 0.181. The summed E-state index contributed by atoms with van der Waals surface area (Å²) in [5.41, 5.74) is 3.23. The maximum absolute atomic E-state index is 12.6. The molecule has 3 aromatic carbocycles. The zero-order valence-corrected chi connectivity index (χ0v) is 22.3. The lowest BCUT2D eigenvalue weighted by molar-refractivity contribution is -0.203. The highest BCUT2D eigenvalue weighted by molar-refractivity contribution is 7.88. The van der Waals surface area contributed by atoms with Gasteiger partial charge in [0.05, 0.1) is 43.0 Å². The van der Waals surface area contributed by atoms with E-state index in [9.17, 15) is 9.00 Å². The fourth-order valence-electron chi connectivity index (χ4n) is 4.28. The quantitative estimate of drug-likeness (QED) is 0.213. The zero-order valence-electron chi connectivity index (χ0n) is 21.5. The van der Waals surface area contributed by atoms with E-state index in [-0.39, 0.29) is 18.6 Å². The van der Waals surface area contributed by atoms with Crippen molar-refractivity contribution in [2.75, 3.05) is 6.61 Å². The molecule has 1 aliphatic rings. The van der Waals surface area contributed by atoms with Gasteiger partial charge in [0.25, 0.3) is 0 Å². The van der Waals surface area contributed by atoms with Crippen LogP contribution in [0.5, 0.6) is 0 Å². The van der Waals surface area contributed by atoms with Gasteiger partial charge in [-0.05, 0) is 30.2 Å². The number of rotatable bonds is 13. The normalized spacial score (nSPS) is 22.2. The summed E-state index contributed by atoms with van der Waals surface area (Å²) in [6, 6.07) is 27.4. The standard InChI is InChI=1S/C31H34O6S/c1-24-12-14-27(15-13-24)38(33)19-18-35-29-20-30(36-22-26-10-6-3-7-11-26)31(37-28(29)16-17-32)23-34-21-25-8-4-2-5-9-25/h2-15,17-19,28-31H,16,20-23H2,1H3/b19-18+/t28-,29+,30-,31+,38-/m0/s1. The van der Waals surface area contributed by atoms with E-state index in [2.05, 4.69) is 0 Å². The van der Waals surface area contributed by atoms with Crippen LogP contribution in [0.3, 0.4) is 0 Å². The average Bonchev–Trinajstić information content (AvgIpc) is 2.95. The van der Waals surface area contributed by atoms with Crippen LogP contribution in [-0.2, 0) is 47.8 Å². The van der Waals surface area contributed by atoms with Crippen LogP contribution < -0.4 is 0 Å². The molecule has 1 saturated heterocycles. The van der Waals surface area contributed by atoms with Crippen molar-refractivity contribution in [2.24, 2.45) is 0 Å². The number of hydrogen-bond donors (Lipinski definition) is 0. The Kier molecular flexibility index (Phi) is 10.8. The first-order chi connectivity index (χ1) is 18.6. The van der Waals surface area contributed by atoms with Crippen LogP contribution in [0.2, 0.25) is 0 Å². The number of aryl methyl sites for hydroxylation is 1. The Morgan fingerprint density at radius 3 is 2.18 bits per heavy atom. The average molecular weight is 535 g/mol. The van der Waals surface area contributed by atoms with Gasteiger partial charge in [0.1, 0.15) is 24.6 Å². The molecule has 0 spiro atoms. The van der Waals surface area contributed by atoms with Crippen molar-refractivity contribution in [3.63, 3.8) is 0 Å². The number of carbonyl (C=O) groups excluding carboxylic acids is 1. The molecule has 0 unspecified atom stereocenters. The summed E-state index contributed by atoms with van der Waals surface area (Å²) in [4.78, 5) is 12.1. The molecule has 0 aliphatic carbocycles. The third-order valence-corrected chi connectivity index (χ3v) is 7.45. The van der Waals surface area contributed by atoms with E-state index in [1.165, 1.54) is 11.7 Å². The third-order valence-electron chi connectivity index (χ3n) is 6.36. The van der Waals surface area contributed by atoms with Gasteiger partial charge in [-0.2, -0.15) is 0 Å². The summed E-state index contributed by atoms with van der Waals surface area (Å²) in [5.74, 6) is 0. The minimum Gasteiger partial charge on any atom is -0.495 e. The molecule has 6 nitrogen and oxygen atoms in total.